The second-order valence-electron chi connectivity index (χ2n) is 3.59. The summed E-state index contributed by atoms with van der Waals surface area (Å²) in [7, 11) is 1.82. The largest absolute Gasteiger partial charge is 0.423 e. The fourth-order valence-electron chi connectivity index (χ4n) is 1.75. The molecule has 0 saturated heterocycles. The highest BCUT2D eigenvalue weighted by Crippen LogP contribution is 2.21. The molecule has 0 unspecified atom stereocenters. The van der Waals surface area contributed by atoms with Crippen LogP contribution in [-0.2, 0) is 6.42 Å². The van der Waals surface area contributed by atoms with Gasteiger partial charge in [0.25, 0.3) is 0 Å². The molecular formula is C12H16Cl2N2O2. The van der Waals surface area contributed by atoms with Crippen molar-refractivity contribution in [1.82, 2.24) is 0 Å². The third kappa shape index (κ3) is 3.38. The Kier molecular flexibility index (Phi) is 6.76. The predicted molar refractivity (Wildman–Crippen MR) is 79.3 cm³/mol. The molecule has 2 aromatic rings. The lowest BCUT2D eigenvalue weighted by Crippen LogP contribution is -2.07. The van der Waals surface area contributed by atoms with E-state index < -0.39 is 0 Å². The standard InChI is InChI=1S/C12H14N2O2.2ClH/c1-14-9-2-3-10-8(4-5-13)6-12(15)16-11(10)7-9;;/h2-3,6-7,14H,4-5,13H2,1H3;2*1H. The molecule has 18 heavy (non-hydrogen) atoms. The van der Waals surface area contributed by atoms with Gasteiger partial charge in [0.05, 0.1) is 0 Å². The lowest BCUT2D eigenvalue weighted by atomic mass is 10.1. The number of fused-ring (bicyclic) bond motifs is 1. The minimum atomic E-state index is -0.329. The third-order valence-corrected chi connectivity index (χ3v) is 2.53. The SMILES string of the molecule is CNc1ccc2c(CCN)cc(=O)oc2c1.Cl.Cl. The summed E-state index contributed by atoms with van der Waals surface area (Å²) >= 11 is 0. The van der Waals surface area contributed by atoms with Crippen LogP contribution in [0.1, 0.15) is 5.56 Å². The molecule has 0 saturated carbocycles. The Labute approximate surface area is 117 Å². The van der Waals surface area contributed by atoms with Crippen molar-refractivity contribution in [1.29, 1.82) is 0 Å². The number of benzene rings is 1. The molecule has 0 atom stereocenters. The molecule has 0 fully saturated rings. The minimum absolute atomic E-state index is 0. The van der Waals surface area contributed by atoms with Gasteiger partial charge in [-0.2, -0.15) is 0 Å². The smallest absolute Gasteiger partial charge is 0.336 e. The molecule has 0 radical (unpaired) electrons. The Hall–Kier alpha value is -1.23. The fraction of sp³-hybridized carbons (Fsp3) is 0.250. The van der Waals surface area contributed by atoms with E-state index in [9.17, 15) is 4.79 Å². The van der Waals surface area contributed by atoms with E-state index in [-0.39, 0.29) is 30.4 Å². The van der Waals surface area contributed by atoms with Crippen molar-refractivity contribution in [2.45, 2.75) is 6.42 Å². The Bertz CT molecular complexity index is 569. The van der Waals surface area contributed by atoms with Crippen molar-refractivity contribution >= 4 is 41.5 Å². The Morgan fingerprint density at radius 3 is 2.61 bits per heavy atom. The summed E-state index contributed by atoms with van der Waals surface area (Å²) in [6, 6.07) is 7.21. The van der Waals surface area contributed by atoms with E-state index in [1.54, 1.807) is 0 Å². The van der Waals surface area contributed by atoms with Crippen molar-refractivity contribution in [3.63, 3.8) is 0 Å². The number of halogens is 2. The number of nitrogens with two attached hydrogens (primary N) is 1. The van der Waals surface area contributed by atoms with E-state index in [1.165, 1.54) is 6.07 Å². The summed E-state index contributed by atoms with van der Waals surface area (Å²) in [4.78, 5) is 11.4. The van der Waals surface area contributed by atoms with E-state index in [0.29, 0.717) is 18.5 Å². The van der Waals surface area contributed by atoms with E-state index in [1.807, 2.05) is 25.2 Å². The highest BCUT2D eigenvalue weighted by atomic mass is 35.5. The number of hydrogen-bond acceptors (Lipinski definition) is 4. The lowest BCUT2D eigenvalue weighted by molar-refractivity contribution is 0.559. The number of rotatable bonds is 3. The van der Waals surface area contributed by atoms with Crippen LogP contribution >= 0.6 is 24.8 Å². The van der Waals surface area contributed by atoms with Gasteiger partial charge in [0.15, 0.2) is 0 Å². The number of nitrogens with one attached hydrogen (secondary N) is 1. The monoisotopic (exact) mass is 290 g/mol. The first kappa shape index (κ1) is 16.8. The molecule has 6 heteroatoms. The molecule has 0 bridgehead atoms. The quantitative estimate of drug-likeness (QED) is 0.850. The molecule has 0 aliphatic carbocycles. The molecule has 0 aliphatic rings. The summed E-state index contributed by atoms with van der Waals surface area (Å²) in [5.41, 5.74) is 7.64. The first-order chi connectivity index (χ1) is 7.74. The second-order valence-corrected chi connectivity index (χ2v) is 3.59. The normalized spacial score (nSPS) is 9.44. The van der Waals surface area contributed by atoms with Gasteiger partial charge in [-0.25, -0.2) is 4.79 Å². The van der Waals surface area contributed by atoms with Gasteiger partial charge in [0.2, 0.25) is 0 Å². The summed E-state index contributed by atoms with van der Waals surface area (Å²) in [5, 5.41) is 3.95. The highest BCUT2D eigenvalue weighted by molar-refractivity contribution is 5.85. The molecule has 2 rings (SSSR count). The summed E-state index contributed by atoms with van der Waals surface area (Å²) < 4.78 is 5.15. The van der Waals surface area contributed by atoms with Crippen molar-refractivity contribution < 1.29 is 4.42 Å². The van der Waals surface area contributed by atoms with Crippen LogP contribution in [0.5, 0.6) is 0 Å². The van der Waals surface area contributed by atoms with Gasteiger partial charge in [0.1, 0.15) is 5.58 Å². The van der Waals surface area contributed by atoms with Crippen LogP contribution in [0, 0.1) is 0 Å². The maximum absolute atomic E-state index is 11.4. The van der Waals surface area contributed by atoms with Crippen LogP contribution in [0.2, 0.25) is 0 Å². The van der Waals surface area contributed by atoms with Crippen molar-refractivity contribution in [2.24, 2.45) is 5.73 Å². The van der Waals surface area contributed by atoms with Crippen LogP contribution in [0.3, 0.4) is 0 Å². The predicted octanol–water partition coefficient (Wildman–Crippen LogP) is 2.18. The van der Waals surface area contributed by atoms with Crippen LogP contribution in [0.4, 0.5) is 5.69 Å². The molecule has 3 N–H and O–H groups in total. The van der Waals surface area contributed by atoms with Crippen LogP contribution in [0.25, 0.3) is 11.0 Å². The average Bonchev–Trinajstić information content (AvgIpc) is 2.28. The average molecular weight is 291 g/mol. The second kappa shape index (κ2) is 7.26. The van der Waals surface area contributed by atoms with Crippen molar-refractivity contribution in [3.05, 3.63) is 40.2 Å². The maximum Gasteiger partial charge on any atom is 0.336 e. The topological polar surface area (TPSA) is 68.3 Å². The lowest BCUT2D eigenvalue weighted by Gasteiger charge is -2.05. The van der Waals surface area contributed by atoms with Gasteiger partial charge in [-0.3, -0.25) is 0 Å². The number of anilines is 1. The first-order valence-corrected chi connectivity index (χ1v) is 5.19. The molecular weight excluding hydrogens is 275 g/mol. The Balaban J connectivity index is 0.00000144. The van der Waals surface area contributed by atoms with Gasteiger partial charge >= 0.3 is 5.63 Å². The fourth-order valence-corrected chi connectivity index (χ4v) is 1.75. The summed E-state index contributed by atoms with van der Waals surface area (Å²) in [6.45, 7) is 0.520. The van der Waals surface area contributed by atoms with Gasteiger partial charge in [0, 0.05) is 30.3 Å². The van der Waals surface area contributed by atoms with E-state index in [4.69, 9.17) is 10.2 Å². The van der Waals surface area contributed by atoms with Crippen molar-refractivity contribution in [2.75, 3.05) is 18.9 Å². The summed E-state index contributed by atoms with van der Waals surface area (Å²) in [5.74, 6) is 0. The van der Waals surface area contributed by atoms with Gasteiger partial charge in [-0.15, -0.1) is 24.8 Å². The number of hydrogen-bond donors (Lipinski definition) is 2. The van der Waals surface area contributed by atoms with Crippen LogP contribution in [-0.4, -0.2) is 13.6 Å². The molecule has 100 valence electrons. The zero-order valence-electron chi connectivity index (χ0n) is 9.93. The molecule has 1 aromatic carbocycles. The molecule has 4 nitrogen and oxygen atoms in total. The molecule has 1 aromatic heterocycles. The molecule has 0 amide bonds. The van der Waals surface area contributed by atoms with Gasteiger partial charge in [-0.05, 0) is 30.7 Å². The molecule has 1 heterocycles. The summed E-state index contributed by atoms with van der Waals surface area (Å²) in [6.07, 6.45) is 0.682. The zero-order chi connectivity index (χ0) is 11.5. The van der Waals surface area contributed by atoms with Crippen molar-refractivity contribution in [3.8, 4) is 0 Å². The van der Waals surface area contributed by atoms with Crippen LogP contribution in [0.15, 0.2) is 33.5 Å². The zero-order valence-corrected chi connectivity index (χ0v) is 11.6. The van der Waals surface area contributed by atoms with E-state index in [0.717, 1.165) is 16.6 Å². The Morgan fingerprint density at radius 2 is 2.00 bits per heavy atom. The first-order valence-electron chi connectivity index (χ1n) is 5.19. The van der Waals surface area contributed by atoms with Gasteiger partial charge < -0.3 is 15.5 Å². The van der Waals surface area contributed by atoms with Gasteiger partial charge in [-0.1, -0.05) is 0 Å². The van der Waals surface area contributed by atoms with E-state index >= 15 is 0 Å². The highest BCUT2D eigenvalue weighted by Gasteiger charge is 2.05. The molecule has 0 spiro atoms. The minimum Gasteiger partial charge on any atom is -0.423 e. The Morgan fingerprint density at radius 1 is 1.28 bits per heavy atom. The third-order valence-electron chi connectivity index (χ3n) is 2.53. The maximum atomic E-state index is 11.4. The van der Waals surface area contributed by atoms with Crippen LogP contribution < -0.4 is 16.7 Å². The molecule has 0 aliphatic heterocycles. The van der Waals surface area contributed by atoms with E-state index in [2.05, 4.69) is 5.32 Å².